The number of amides is 4. The SMILES string of the molecule is O=C1NC(=O)N(c2ccc(Br)cc2)C(=O)/C1=C\c1ccccc1OC(=O)c1ccco1. The zero-order valence-corrected chi connectivity index (χ0v) is 17.3. The van der Waals surface area contributed by atoms with Gasteiger partial charge in [0.05, 0.1) is 12.0 Å². The van der Waals surface area contributed by atoms with Crippen molar-refractivity contribution in [2.75, 3.05) is 4.90 Å². The maximum Gasteiger partial charge on any atom is 0.379 e. The second-order valence-electron chi connectivity index (χ2n) is 6.34. The first-order valence-electron chi connectivity index (χ1n) is 8.96. The Labute approximate surface area is 184 Å². The van der Waals surface area contributed by atoms with E-state index in [0.29, 0.717) is 11.3 Å². The normalized spacial score (nSPS) is 15.2. The van der Waals surface area contributed by atoms with E-state index in [2.05, 4.69) is 21.2 Å². The molecule has 2 aromatic carbocycles. The third-order valence-electron chi connectivity index (χ3n) is 4.33. The quantitative estimate of drug-likeness (QED) is 0.262. The van der Waals surface area contributed by atoms with Gasteiger partial charge in [-0.25, -0.2) is 14.5 Å². The number of carbonyl (C=O) groups is 4. The summed E-state index contributed by atoms with van der Waals surface area (Å²) < 4.78 is 11.1. The fourth-order valence-corrected chi connectivity index (χ4v) is 3.14. The maximum atomic E-state index is 13.0. The van der Waals surface area contributed by atoms with E-state index in [0.717, 1.165) is 9.37 Å². The fourth-order valence-electron chi connectivity index (χ4n) is 2.88. The molecule has 0 bridgehead atoms. The number of esters is 1. The van der Waals surface area contributed by atoms with E-state index in [1.165, 1.54) is 24.5 Å². The number of furan rings is 1. The summed E-state index contributed by atoms with van der Waals surface area (Å²) in [4.78, 5) is 50.8. The van der Waals surface area contributed by atoms with E-state index < -0.39 is 23.8 Å². The number of imide groups is 2. The van der Waals surface area contributed by atoms with Crippen molar-refractivity contribution in [1.82, 2.24) is 5.32 Å². The number of nitrogens with zero attached hydrogens (tertiary/aromatic N) is 1. The second kappa shape index (κ2) is 8.41. The van der Waals surface area contributed by atoms with E-state index in [4.69, 9.17) is 9.15 Å². The van der Waals surface area contributed by atoms with Gasteiger partial charge in [0.25, 0.3) is 11.8 Å². The summed E-state index contributed by atoms with van der Waals surface area (Å²) >= 11 is 3.29. The number of carbonyl (C=O) groups excluding carboxylic acids is 4. The van der Waals surface area contributed by atoms with Gasteiger partial charge in [0.2, 0.25) is 5.76 Å². The largest absolute Gasteiger partial charge is 0.457 e. The van der Waals surface area contributed by atoms with E-state index in [9.17, 15) is 19.2 Å². The van der Waals surface area contributed by atoms with Crippen LogP contribution in [0.1, 0.15) is 16.1 Å². The average Bonchev–Trinajstić information content (AvgIpc) is 3.28. The van der Waals surface area contributed by atoms with Crippen LogP contribution in [0.5, 0.6) is 5.75 Å². The van der Waals surface area contributed by atoms with Gasteiger partial charge in [-0.1, -0.05) is 34.1 Å². The van der Waals surface area contributed by atoms with Crippen molar-refractivity contribution >= 4 is 51.5 Å². The van der Waals surface area contributed by atoms with Gasteiger partial charge in [0.15, 0.2) is 0 Å². The molecule has 4 rings (SSSR count). The predicted octanol–water partition coefficient (Wildman–Crippen LogP) is 3.93. The molecular formula is C22H13BrN2O6. The summed E-state index contributed by atoms with van der Waals surface area (Å²) in [6.07, 6.45) is 2.60. The lowest BCUT2D eigenvalue weighted by Crippen LogP contribution is -2.54. The van der Waals surface area contributed by atoms with Crippen LogP contribution in [0.4, 0.5) is 10.5 Å². The van der Waals surface area contributed by atoms with Crippen LogP contribution in [0.25, 0.3) is 6.08 Å². The molecule has 4 amide bonds. The number of benzene rings is 2. The Kier molecular flexibility index (Phi) is 5.50. The predicted molar refractivity (Wildman–Crippen MR) is 113 cm³/mol. The number of anilines is 1. The van der Waals surface area contributed by atoms with Gasteiger partial charge in [-0.3, -0.25) is 14.9 Å². The Balaban J connectivity index is 1.68. The first-order chi connectivity index (χ1) is 14.9. The molecule has 0 saturated carbocycles. The molecule has 1 fully saturated rings. The number of hydrogen-bond acceptors (Lipinski definition) is 6. The van der Waals surface area contributed by atoms with Gasteiger partial charge in [-0.05, 0) is 48.5 Å². The third-order valence-corrected chi connectivity index (χ3v) is 4.86. The lowest BCUT2D eigenvalue weighted by atomic mass is 10.1. The first-order valence-corrected chi connectivity index (χ1v) is 9.75. The topological polar surface area (TPSA) is 106 Å². The van der Waals surface area contributed by atoms with Gasteiger partial charge in [0, 0.05) is 10.0 Å². The molecule has 1 aliphatic heterocycles. The van der Waals surface area contributed by atoms with Crippen LogP contribution in [0.2, 0.25) is 0 Å². The van der Waals surface area contributed by atoms with Crippen LogP contribution in [0, 0.1) is 0 Å². The van der Waals surface area contributed by atoms with Gasteiger partial charge in [-0.15, -0.1) is 0 Å². The van der Waals surface area contributed by atoms with E-state index in [-0.39, 0.29) is 17.1 Å². The Hall–Kier alpha value is -3.98. The van der Waals surface area contributed by atoms with Gasteiger partial charge < -0.3 is 9.15 Å². The number of urea groups is 1. The van der Waals surface area contributed by atoms with Crippen molar-refractivity contribution in [3.8, 4) is 5.75 Å². The monoisotopic (exact) mass is 480 g/mol. The minimum absolute atomic E-state index is 0.000882. The second-order valence-corrected chi connectivity index (χ2v) is 7.25. The highest BCUT2D eigenvalue weighted by molar-refractivity contribution is 9.10. The number of hydrogen-bond donors (Lipinski definition) is 1. The lowest BCUT2D eigenvalue weighted by Gasteiger charge is -2.26. The average molecular weight is 481 g/mol. The molecular weight excluding hydrogens is 468 g/mol. The molecule has 1 aliphatic rings. The molecule has 1 saturated heterocycles. The summed E-state index contributed by atoms with van der Waals surface area (Å²) in [6, 6.07) is 15.0. The summed E-state index contributed by atoms with van der Waals surface area (Å²) in [5.41, 5.74) is 0.302. The van der Waals surface area contributed by atoms with Crippen molar-refractivity contribution in [2.45, 2.75) is 0 Å². The van der Waals surface area contributed by atoms with Crippen LogP contribution in [-0.4, -0.2) is 23.8 Å². The number of halogens is 1. The zero-order chi connectivity index (χ0) is 22.0. The molecule has 9 heteroatoms. The standard InChI is InChI=1S/C22H13BrN2O6/c23-14-7-9-15(10-8-14)25-20(27)16(19(26)24-22(25)29)12-13-4-1-2-5-17(13)31-21(28)18-6-3-11-30-18/h1-12H,(H,24,26,29)/b16-12-. The van der Waals surface area contributed by atoms with Crippen LogP contribution < -0.4 is 15.0 Å². The molecule has 0 aliphatic carbocycles. The molecule has 0 spiro atoms. The van der Waals surface area contributed by atoms with E-state index in [1.54, 1.807) is 48.5 Å². The first kappa shape index (κ1) is 20.3. The number of nitrogens with one attached hydrogen (secondary N) is 1. The molecule has 3 aromatic rings. The fraction of sp³-hybridized carbons (Fsp3) is 0. The Morgan fingerprint density at radius 1 is 1.00 bits per heavy atom. The lowest BCUT2D eigenvalue weighted by molar-refractivity contribution is -0.122. The highest BCUT2D eigenvalue weighted by Crippen LogP contribution is 2.26. The minimum atomic E-state index is -0.855. The number of ether oxygens (including phenoxy) is 1. The zero-order valence-electron chi connectivity index (χ0n) is 15.7. The van der Waals surface area contributed by atoms with Gasteiger partial charge in [0.1, 0.15) is 11.3 Å². The van der Waals surface area contributed by atoms with Gasteiger partial charge >= 0.3 is 12.0 Å². The number of para-hydroxylation sites is 1. The Morgan fingerprint density at radius 2 is 1.74 bits per heavy atom. The van der Waals surface area contributed by atoms with E-state index >= 15 is 0 Å². The van der Waals surface area contributed by atoms with Crippen molar-refractivity contribution < 1.29 is 28.3 Å². The highest BCUT2D eigenvalue weighted by Gasteiger charge is 2.37. The van der Waals surface area contributed by atoms with Crippen molar-refractivity contribution in [3.05, 3.63) is 88.3 Å². The summed E-state index contributed by atoms with van der Waals surface area (Å²) in [7, 11) is 0. The van der Waals surface area contributed by atoms with Crippen molar-refractivity contribution in [3.63, 3.8) is 0 Å². The number of barbiturate groups is 1. The molecule has 0 radical (unpaired) electrons. The van der Waals surface area contributed by atoms with Gasteiger partial charge in [-0.2, -0.15) is 0 Å². The van der Waals surface area contributed by atoms with Crippen molar-refractivity contribution in [2.24, 2.45) is 0 Å². The Bertz CT molecular complexity index is 1220. The summed E-state index contributed by atoms with van der Waals surface area (Å²) in [6.45, 7) is 0. The molecule has 2 heterocycles. The molecule has 0 atom stereocenters. The van der Waals surface area contributed by atoms with Crippen LogP contribution >= 0.6 is 15.9 Å². The van der Waals surface area contributed by atoms with Crippen LogP contribution in [-0.2, 0) is 9.59 Å². The molecule has 154 valence electrons. The number of rotatable bonds is 4. The highest BCUT2D eigenvalue weighted by atomic mass is 79.9. The smallest absolute Gasteiger partial charge is 0.379 e. The molecule has 8 nitrogen and oxygen atoms in total. The molecule has 1 N–H and O–H groups in total. The van der Waals surface area contributed by atoms with Crippen LogP contribution in [0.3, 0.4) is 0 Å². The third kappa shape index (κ3) is 4.17. The summed E-state index contributed by atoms with van der Waals surface area (Å²) in [5, 5.41) is 2.15. The minimum Gasteiger partial charge on any atom is -0.457 e. The molecule has 31 heavy (non-hydrogen) atoms. The molecule has 0 unspecified atom stereocenters. The van der Waals surface area contributed by atoms with Crippen LogP contribution in [0.15, 0.2) is 81.4 Å². The molecule has 1 aromatic heterocycles. The summed E-state index contributed by atoms with van der Waals surface area (Å²) in [5.74, 6) is -2.27. The van der Waals surface area contributed by atoms with Crippen molar-refractivity contribution in [1.29, 1.82) is 0 Å². The maximum absolute atomic E-state index is 13.0. The Morgan fingerprint density at radius 3 is 2.45 bits per heavy atom. The van der Waals surface area contributed by atoms with E-state index in [1.807, 2.05) is 0 Å².